The summed E-state index contributed by atoms with van der Waals surface area (Å²) in [7, 11) is 0. The van der Waals surface area contributed by atoms with E-state index in [4.69, 9.17) is 5.11 Å². The highest BCUT2D eigenvalue weighted by molar-refractivity contribution is 7.14. The molecule has 2 N–H and O–H groups in total. The Hall–Kier alpha value is -3.43. The van der Waals surface area contributed by atoms with Gasteiger partial charge in [0.1, 0.15) is 0 Å². The van der Waals surface area contributed by atoms with Crippen LogP contribution in [0.1, 0.15) is 51.7 Å². The molecule has 1 aromatic carbocycles. The summed E-state index contributed by atoms with van der Waals surface area (Å²) in [5, 5.41) is 11.4. The minimum atomic E-state index is -4.34. The molecule has 0 saturated heterocycles. The van der Waals surface area contributed by atoms with E-state index in [-0.39, 0.29) is 30.7 Å². The second-order valence-corrected chi connectivity index (χ2v) is 11.6. The van der Waals surface area contributed by atoms with Gasteiger partial charge in [-0.15, -0.1) is 11.3 Å². The number of hydrogen-bond donors (Lipinski definition) is 2. The van der Waals surface area contributed by atoms with E-state index in [1.54, 1.807) is 12.1 Å². The number of amides is 1. The molecule has 4 rings (SSSR count). The number of carboxylic acids is 1. The van der Waals surface area contributed by atoms with Crippen molar-refractivity contribution in [3.63, 3.8) is 0 Å². The molecule has 218 valence electrons. The van der Waals surface area contributed by atoms with E-state index in [1.807, 2.05) is 12.1 Å². The van der Waals surface area contributed by atoms with Gasteiger partial charge in [-0.05, 0) is 61.3 Å². The third-order valence-electron chi connectivity index (χ3n) is 7.41. The zero-order valence-electron chi connectivity index (χ0n) is 22.7. The highest BCUT2D eigenvalue weighted by atomic mass is 32.1. The third-order valence-corrected chi connectivity index (χ3v) is 8.48. The van der Waals surface area contributed by atoms with Gasteiger partial charge in [0.2, 0.25) is 0 Å². The lowest BCUT2D eigenvalue weighted by Gasteiger charge is -2.31. The number of rotatable bonds is 13. The number of aliphatic carboxylic acids is 1. The molecule has 0 aliphatic heterocycles. The number of carbonyl (C=O) groups excluding carboxylic acids is 1. The van der Waals surface area contributed by atoms with Crippen molar-refractivity contribution in [2.75, 3.05) is 19.6 Å². The number of carboxylic acid groups (broad SMARTS) is 1. The number of carbonyl (C=O) groups is 2. The smallest absolute Gasteiger partial charge is 0.416 e. The van der Waals surface area contributed by atoms with Crippen LogP contribution in [-0.4, -0.2) is 47.7 Å². The maximum atomic E-state index is 13.2. The Morgan fingerprint density at radius 2 is 1.88 bits per heavy atom. The highest BCUT2D eigenvalue weighted by Crippen LogP contribution is 2.35. The molecule has 2 aromatic rings. The van der Waals surface area contributed by atoms with E-state index in [2.05, 4.69) is 58.8 Å². The molecule has 1 amide bonds. The Bertz CT molecular complexity index is 1300. The lowest BCUT2D eigenvalue weighted by molar-refractivity contribution is -0.136. The number of alkyl halides is 3. The quantitative estimate of drug-likeness (QED) is 0.263. The molecule has 0 fully saturated rings. The fraction of sp³-hybridized carbons (Fsp3) is 0.375. The van der Waals surface area contributed by atoms with E-state index in [0.29, 0.717) is 30.3 Å². The van der Waals surface area contributed by atoms with Crippen molar-refractivity contribution < 1.29 is 27.9 Å². The molecule has 2 aliphatic carbocycles. The molecular formula is C32H35F3N2O3S. The molecule has 3 unspecified atom stereocenters. The zero-order valence-corrected chi connectivity index (χ0v) is 23.5. The summed E-state index contributed by atoms with van der Waals surface area (Å²) >= 11 is 1.35. The van der Waals surface area contributed by atoms with Crippen molar-refractivity contribution in [1.29, 1.82) is 0 Å². The molecule has 9 heteroatoms. The average molecular weight is 585 g/mol. The Labute approximate surface area is 242 Å². The Kier molecular flexibility index (Phi) is 10.8. The SMILES string of the molecule is O=C(O)CCNC(=O)c1ccc(CN(CCC(c2ccccc2)C2C=CC=CC2)CC2C=CC(C(F)(F)F)=CC2)s1. The van der Waals surface area contributed by atoms with E-state index < -0.39 is 17.7 Å². The molecule has 0 saturated carbocycles. The predicted octanol–water partition coefficient (Wildman–Crippen LogP) is 7.13. The number of halogens is 3. The van der Waals surface area contributed by atoms with Crippen LogP contribution >= 0.6 is 11.3 Å². The maximum absolute atomic E-state index is 13.2. The minimum absolute atomic E-state index is 0.0486. The molecular weight excluding hydrogens is 549 g/mol. The van der Waals surface area contributed by atoms with Crippen LogP contribution in [0, 0.1) is 11.8 Å². The third kappa shape index (κ3) is 9.30. The van der Waals surface area contributed by atoms with Crippen LogP contribution in [0.2, 0.25) is 0 Å². The lowest BCUT2D eigenvalue weighted by atomic mass is 9.80. The zero-order chi connectivity index (χ0) is 29.2. The molecule has 2 aliphatic rings. The predicted molar refractivity (Wildman–Crippen MR) is 156 cm³/mol. The van der Waals surface area contributed by atoms with Crippen molar-refractivity contribution in [3.8, 4) is 0 Å². The number of thiophene rings is 1. The van der Waals surface area contributed by atoms with Crippen molar-refractivity contribution >= 4 is 23.2 Å². The minimum Gasteiger partial charge on any atom is -0.481 e. The van der Waals surface area contributed by atoms with Gasteiger partial charge in [0.15, 0.2) is 0 Å². The van der Waals surface area contributed by atoms with Gasteiger partial charge in [0.05, 0.1) is 16.9 Å². The maximum Gasteiger partial charge on any atom is 0.416 e. The van der Waals surface area contributed by atoms with Crippen molar-refractivity contribution in [1.82, 2.24) is 10.2 Å². The second-order valence-electron chi connectivity index (χ2n) is 10.4. The number of nitrogens with zero attached hydrogens (tertiary/aromatic N) is 1. The van der Waals surface area contributed by atoms with Crippen LogP contribution in [0.15, 0.2) is 90.6 Å². The first-order valence-electron chi connectivity index (χ1n) is 13.8. The van der Waals surface area contributed by atoms with Gasteiger partial charge in [-0.3, -0.25) is 14.5 Å². The van der Waals surface area contributed by atoms with Crippen LogP contribution < -0.4 is 5.32 Å². The Morgan fingerprint density at radius 1 is 1.07 bits per heavy atom. The molecule has 0 radical (unpaired) electrons. The number of allylic oxidation sites excluding steroid dienone is 7. The monoisotopic (exact) mass is 584 g/mol. The fourth-order valence-corrected chi connectivity index (χ4v) is 6.27. The van der Waals surface area contributed by atoms with Crippen LogP contribution in [0.25, 0.3) is 0 Å². The topological polar surface area (TPSA) is 69.6 Å². The Morgan fingerprint density at radius 3 is 2.54 bits per heavy atom. The van der Waals surface area contributed by atoms with E-state index in [1.165, 1.54) is 29.1 Å². The Balaban J connectivity index is 1.47. The van der Waals surface area contributed by atoms with Crippen LogP contribution in [0.4, 0.5) is 13.2 Å². The summed E-state index contributed by atoms with van der Waals surface area (Å²) in [4.78, 5) is 27.0. The first-order chi connectivity index (χ1) is 19.7. The average Bonchev–Trinajstić information content (AvgIpc) is 3.42. The summed E-state index contributed by atoms with van der Waals surface area (Å²) < 4.78 is 39.5. The second kappa shape index (κ2) is 14.5. The fourth-order valence-electron chi connectivity index (χ4n) is 5.30. The van der Waals surface area contributed by atoms with Gasteiger partial charge < -0.3 is 10.4 Å². The molecule has 1 aromatic heterocycles. The first-order valence-corrected chi connectivity index (χ1v) is 14.7. The summed E-state index contributed by atoms with van der Waals surface area (Å²) in [6, 6.07) is 14.0. The molecule has 1 heterocycles. The standard InChI is InChI=1S/C32H35F3N2O3S/c33-32(34,35)26-13-11-23(12-14-26)21-37(22-27-15-16-29(41-27)31(40)36-19-17-30(38)39)20-18-28(24-7-3-1-4-8-24)25-9-5-2-6-10-25/h1-9,11,13-16,23,25,28H,10,12,17-22H2,(H,36,40)(H,38,39). The number of nitrogens with one attached hydrogen (secondary N) is 1. The molecule has 3 atom stereocenters. The van der Waals surface area contributed by atoms with Crippen LogP contribution in [0.5, 0.6) is 0 Å². The van der Waals surface area contributed by atoms with Gasteiger partial charge in [-0.25, -0.2) is 0 Å². The van der Waals surface area contributed by atoms with Gasteiger partial charge in [0.25, 0.3) is 5.91 Å². The van der Waals surface area contributed by atoms with Gasteiger partial charge in [-0.2, -0.15) is 13.2 Å². The molecule has 0 bridgehead atoms. The number of benzene rings is 1. The van der Waals surface area contributed by atoms with E-state index >= 15 is 0 Å². The lowest BCUT2D eigenvalue weighted by Crippen LogP contribution is -2.31. The molecule has 0 spiro atoms. The van der Waals surface area contributed by atoms with E-state index in [0.717, 1.165) is 24.3 Å². The van der Waals surface area contributed by atoms with Crippen LogP contribution in [0.3, 0.4) is 0 Å². The van der Waals surface area contributed by atoms with Crippen molar-refractivity contribution in [2.24, 2.45) is 11.8 Å². The highest BCUT2D eigenvalue weighted by Gasteiger charge is 2.33. The summed E-state index contributed by atoms with van der Waals surface area (Å²) in [6.45, 7) is 1.96. The van der Waals surface area contributed by atoms with Crippen molar-refractivity contribution in [3.05, 3.63) is 106 Å². The van der Waals surface area contributed by atoms with E-state index in [9.17, 15) is 22.8 Å². The largest absolute Gasteiger partial charge is 0.481 e. The normalized spacial score (nSPS) is 19.3. The van der Waals surface area contributed by atoms with Crippen molar-refractivity contribution in [2.45, 2.75) is 44.3 Å². The van der Waals surface area contributed by atoms with Gasteiger partial charge in [-0.1, -0.05) is 72.9 Å². The molecule has 5 nitrogen and oxygen atoms in total. The summed E-state index contributed by atoms with van der Waals surface area (Å²) in [6.07, 6.45) is 10.4. The summed E-state index contributed by atoms with van der Waals surface area (Å²) in [5.41, 5.74) is 0.669. The van der Waals surface area contributed by atoms with Gasteiger partial charge >= 0.3 is 12.1 Å². The molecule has 41 heavy (non-hydrogen) atoms. The first kappa shape index (κ1) is 30.5. The van der Waals surface area contributed by atoms with Crippen LogP contribution in [-0.2, 0) is 11.3 Å². The summed E-state index contributed by atoms with van der Waals surface area (Å²) in [5.74, 6) is -0.686. The number of hydrogen-bond acceptors (Lipinski definition) is 4. The van der Waals surface area contributed by atoms with Gasteiger partial charge in [0, 0.05) is 24.5 Å².